The van der Waals surface area contributed by atoms with E-state index in [2.05, 4.69) is 0 Å². The number of aliphatic hydroxyl groups excluding tert-OH is 2. The predicted molar refractivity (Wildman–Crippen MR) is 46.3 cm³/mol. The lowest BCUT2D eigenvalue weighted by atomic mass is 10.1. The number of hydrogen-bond donors (Lipinski definition) is 3. The molecule has 0 heterocycles. The highest BCUT2D eigenvalue weighted by atomic mass is 19.1. The van der Waals surface area contributed by atoms with Gasteiger partial charge in [-0.15, -0.1) is 0 Å². The summed E-state index contributed by atoms with van der Waals surface area (Å²) in [6, 6.07) is 3.71. The summed E-state index contributed by atoms with van der Waals surface area (Å²) >= 11 is 0. The molecular formula is C9H12FNO2. The van der Waals surface area contributed by atoms with Gasteiger partial charge in [-0.3, -0.25) is 0 Å². The molecule has 0 spiro atoms. The predicted octanol–water partition coefficient (Wildman–Crippen LogP) is 0.310. The van der Waals surface area contributed by atoms with Crippen molar-refractivity contribution >= 4 is 0 Å². The van der Waals surface area contributed by atoms with Crippen LogP contribution >= 0.6 is 0 Å². The van der Waals surface area contributed by atoms with E-state index in [0.717, 1.165) is 0 Å². The summed E-state index contributed by atoms with van der Waals surface area (Å²) in [6.45, 7) is -0.557. The van der Waals surface area contributed by atoms with Gasteiger partial charge in [0, 0.05) is 5.56 Å². The third-order valence-electron chi connectivity index (χ3n) is 1.87. The molecule has 0 aliphatic heterocycles. The summed E-state index contributed by atoms with van der Waals surface area (Å²) < 4.78 is 13.0. The van der Waals surface area contributed by atoms with Crippen LogP contribution in [0, 0.1) is 5.82 Å². The minimum absolute atomic E-state index is 0.224. The van der Waals surface area contributed by atoms with Gasteiger partial charge >= 0.3 is 0 Å². The minimum atomic E-state index is -0.567. The van der Waals surface area contributed by atoms with Crippen LogP contribution in [0.15, 0.2) is 18.2 Å². The Balaban J connectivity index is 2.95. The Bertz CT molecular complexity index is 291. The lowest BCUT2D eigenvalue weighted by molar-refractivity contribution is 0.266. The number of rotatable bonds is 3. The van der Waals surface area contributed by atoms with E-state index in [1.54, 1.807) is 6.07 Å². The molecule has 0 bridgehead atoms. The van der Waals surface area contributed by atoms with Gasteiger partial charge in [0.15, 0.2) is 0 Å². The summed E-state index contributed by atoms with van der Waals surface area (Å²) in [5.41, 5.74) is 6.23. The fourth-order valence-corrected chi connectivity index (χ4v) is 1.03. The lowest BCUT2D eigenvalue weighted by Gasteiger charge is -2.09. The molecule has 0 aromatic heterocycles. The van der Waals surface area contributed by atoms with Crippen LogP contribution in [0.5, 0.6) is 0 Å². The van der Waals surface area contributed by atoms with Crippen LogP contribution < -0.4 is 5.73 Å². The smallest absolute Gasteiger partial charge is 0.129 e. The van der Waals surface area contributed by atoms with E-state index in [4.69, 9.17) is 15.9 Å². The molecule has 1 rings (SSSR count). The van der Waals surface area contributed by atoms with Gasteiger partial charge in [-0.1, -0.05) is 12.1 Å². The molecule has 1 atom stereocenters. The van der Waals surface area contributed by atoms with Crippen molar-refractivity contribution in [3.8, 4) is 0 Å². The van der Waals surface area contributed by atoms with E-state index in [1.165, 1.54) is 12.1 Å². The molecule has 72 valence electrons. The van der Waals surface area contributed by atoms with Gasteiger partial charge in [0.2, 0.25) is 0 Å². The summed E-state index contributed by atoms with van der Waals surface area (Å²) in [7, 11) is 0. The number of halogens is 1. The molecule has 1 aromatic rings. The van der Waals surface area contributed by atoms with Gasteiger partial charge in [-0.2, -0.15) is 0 Å². The van der Waals surface area contributed by atoms with Crippen molar-refractivity contribution in [3.63, 3.8) is 0 Å². The fraction of sp³-hybridized carbons (Fsp3) is 0.333. The van der Waals surface area contributed by atoms with E-state index in [-0.39, 0.29) is 18.8 Å². The largest absolute Gasteiger partial charge is 0.394 e. The van der Waals surface area contributed by atoms with Crippen LogP contribution in [0.2, 0.25) is 0 Å². The first-order chi connectivity index (χ1) is 6.19. The van der Waals surface area contributed by atoms with E-state index in [0.29, 0.717) is 5.56 Å². The van der Waals surface area contributed by atoms with E-state index >= 15 is 0 Å². The zero-order valence-electron chi connectivity index (χ0n) is 7.07. The number of aliphatic hydroxyl groups is 2. The first-order valence-corrected chi connectivity index (χ1v) is 3.94. The first kappa shape index (κ1) is 10.1. The second-order valence-corrected chi connectivity index (χ2v) is 2.80. The third-order valence-corrected chi connectivity index (χ3v) is 1.87. The Morgan fingerprint density at radius 3 is 2.54 bits per heavy atom. The molecule has 0 aliphatic carbocycles. The van der Waals surface area contributed by atoms with Crippen molar-refractivity contribution in [2.75, 3.05) is 6.61 Å². The Kier molecular flexibility index (Phi) is 3.36. The zero-order valence-corrected chi connectivity index (χ0v) is 7.07. The molecule has 0 unspecified atom stereocenters. The average Bonchev–Trinajstić information content (AvgIpc) is 2.16. The van der Waals surface area contributed by atoms with Crippen molar-refractivity contribution in [3.05, 3.63) is 35.1 Å². The van der Waals surface area contributed by atoms with E-state index < -0.39 is 11.9 Å². The normalized spacial score (nSPS) is 12.9. The minimum Gasteiger partial charge on any atom is -0.394 e. The van der Waals surface area contributed by atoms with E-state index in [1.807, 2.05) is 0 Å². The molecule has 4 heteroatoms. The standard InChI is InChI=1S/C9H12FNO2/c10-8-3-6(9(11)5-13)1-2-7(8)4-12/h1-3,9,12-13H,4-5,11H2/t9-/m0/s1. The maximum absolute atomic E-state index is 13.0. The molecule has 3 nitrogen and oxygen atoms in total. The number of nitrogens with two attached hydrogens (primary N) is 1. The highest BCUT2D eigenvalue weighted by Crippen LogP contribution is 2.14. The molecule has 0 saturated carbocycles. The molecule has 0 fully saturated rings. The van der Waals surface area contributed by atoms with Crippen molar-refractivity contribution in [1.82, 2.24) is 0 Å². The summed E-state index contributed by atoms with van der Waals surface area (Å²) in [6.07, 6.45) is 0. The first-order valence-electron chi connectivity index (χ1n) is 3.94. The van der Waals surface area contributed by atoms with Gasteiger partial charge in [0.05, 0.1) is 19.3 Å². The SMILES string of the molecule is N[C@@H](CO)c1ccc(CO)c(F)c1. The van der Waals surface area contributed by atoms with Crippen LogP contribution in [-0.4, -0.2) is 16.8 Å². The summed E-state index contributed by atoms with van der Waals surface area (Å²) in [5.74, 6) is -0.496. The van der Waals surface area contributed by atoms with Crippen molar-refractivity contribution in [2.24, 2.45) is 5.73 Å². The van der Waals surface area contributed by atoms with Crippen LogP contribution in [0.4, 0.5) is 4.39 Å². The van der Waals surface area contributed by atoms with Crippen LogP contribution in [0.1, 0.15) is 17.2 Å². The molecule has 0 aliphatic rings. The Morgan fingerprint density at radius 1 is 1.38 bits per heavy atom. The van der Waals surface area contributed by atoms with Crippen LogP contribution in [0.25, 0.3) is 0 Å². The van der Waals surface area contributed by atoms with Gasteiger partial charge in [0.1, 0.15) is 5.82 Å². The van der Waals surface area contributed by atoms with Crippen LogP contribution in [-0.2, 0) is 6.61 Å². The van der Waals surface area contributed by atoms with Gasteiger partial charge in [-0.05, 0) is 11.6 Å². The van der Waals surface area contributed by atoms with Gasteiger partial charge < -0.3 is 15.9 Å². The average molecular weight is 185 g/mol. The van der Waals surface area contributed by atoms with Crippen molar-refractivity contribution in [2.45, 2.75) is 12.6 Å². The summed E-state index contributed by atoms with van der Waals surface area (Å²) in [4.78, 5) is 0. The van der Waals surface area contributed by atoms with E-state index in [9.17, 15) is 4.39 Å². The Labute approximate surface area is 75.6 Å². The number of hydrogen-bond acceptors (Lipinski definition) is 3. The second kappa shape index (κ2) is 4.32. The maximum Gasteiger partial charge on any atom is 0.129 e. The molecule has 4 N–H and O–H groups in total. The second-order valence-electron chi connectivity index (χ2n) is 2.80. The molecular weight excluding hydrogens is 173 g/mol. The van der Waals surface area contributed by atoms with Gasteiger partial charge in [-0.25, -0.2) is 4.39 Å². The molecule has 0 amide bonds. The highest BCUT2D eigenvalue weighted by Gasteiger charge is 2.07. The third kappa shape index (κ3) is 2.24. The zero-order chi connectivity index (χ0) is 9.84. The van der Waals surface area contributed by atoms with Crippen LogP contribution in [0.3, 0.4) is 0 Å². The lowest BCUT2D eigenvalue weighted by Crippen LogP contribution is -2.14. The topological polar surface area (TPSA) is 66.5 Å². The fourth-order valence-electron chi connectivity index (χ4n) is 1.03. The van der Waals surface area contributed by atoms with Crippen molar-refractivity contribution in [1.29, 1.82) is 0 Å². The quantitative estimate of drug-likeness (QED) is 0.635. The summed E-state index contributed by atoms with van der Waals surface area (Å²) in [5, 5.41) is 17.4. The maximum atomic E-state index is 13.0. The molecule has 0 radical (unpaired) electrons. The Hall–Kier alpha value is -0.970. The van der Waals surface area contributed by atoms with Crippen molar-refractivity contribution < 1.29 is 14.6 Å². The highest BCUT2D eigenvalue weighted by molar-refractivity contribution is 5.26. The Morgan fingerprint density at radius 2 is 2.08 bits per heavy atom. The monoisotopic (exact) mass is 185 g/mol. The molecule has 0 saturated heterocycles. The number of benzene rings is 1. The molecule has 13 heavy (non-hydrogen) atoms. The molecule has 1 aromatic carbocycles. The van der Waals surface area contributed by atoms with Gasteiger partial charge in [0.25, 0.3) is 0 Å².